The summed E-state index contributed by atoms with van der Waals surface area (Å²) in [6, 6.07) is 17.9. The van der Waals surface area contributed by atoms with E-state index in [0.29, 0.717) is 19.5 Å². The Morgan fingerprint density at radius 1 is 1.10 bits per heavy atom. The lowest BCUT2D eigenvalue weighted by Gasteiger charge is -2.35. The van der Waals surface area contributed by atoms with E-state index < -0.39 is 11.6 Å². The molecule has 0 aliphatic heterocycles. The average Bonchev–Trinajstić information content (AvgIpc) is 3.08. The van der Waals surface area contributed by atoms with E-state index in [0.717, 1.165) is 28.5 Å². The van der Waals surface area contributed by atoms with Crippen molar-refractivity contribution in [2.45, 2.75) is 32.2 Å². The predicted molar refractivity (Wildman–Crippen MR) is 114 cm³/mol. The first kappa shape index (κ1) is 20.5. The summed E-state index contributed by atoms with van der Waals surface area (Å²) in [5, 5.41) is 13.1. The van der Waals surface area contributed by atoms with Crippen LogP contribution in [-0.4, -0.2) is 45.6 Å². The molecule has 6 nitrogen and oxygen atoms in total. The van der Waals surface area contributed by atoms with E-state index in [2.05, 4.69) is 10.3 Å². The van der Waals surface area contributed by atoms with Crippen molar-refractivity contribution in [3.8, 4) is 0 Å². The Morgan fingerprint density at radius 3 is 2.48 bits per heavy atom. The van der Waals surface area contributed by atoms with Gasteiger partial charge in [-0.2, -0.15) is 0 Å². The van der Waals surface area contributed by atoms with Gasteiger partial charge in [-0.1, -0.05) is 48.5 Å². The van der Waals surface area contributed by atoms with Gasteiger partial charge in [0.2, 0.25) is 5.91 Å². The maximum Gasteiger partial charge on any atom is 0.405 e. The maximum atomic E-state index is 12.3. The summed E-state index contributed by atoms with van der Waals surface area (Å²) in [5.74, 6) is -0.0710. The molecule has 6 heteroatoms. The van der Waals surface area contributed by atoms with Crippen molar-refractivity contribution in [3.63, 3.8) is 0 Å². The fraction of sp³-hybridized carbons (Fsp3) is 0.304. The summed E-state index contributed by atoms with van der Waals surface area (Å²) in [6.45, 7) is 4.20. The lowest BCUT2D eigenvalue weighted by molar-refractivity contribution is -0.129. The normalized spacial score (nSPS) is 13.0. The van der Waals surface area contributed by atoms with Crippen LogP contribution in [0.1, 0.15) is 25.0 Å². The van der Waals surface area contributed by atoms with Crippen LogP contribution in [0.25, 0.3) is 10.9 Å². The van der Waals surface area contributed by atoms with Gasteiger partial charge in [0.15, 0.2) is 0 Å². The molecule has 0 saturated heterocycles. The quantitative estimate of drug-likeness (QED) is 0.544. The lowest BCUT2D eigenvalue weighted by atomic mass is 9.91. The van der Waals surface area contributed by atoms with Gasteiger partial charge >= 0.3 is 6.09 Å². The molecule has 0 spiro atoms. The molecule has 1 unspecified atom stereocenters. The number of carboxylic acid groups (broad SMARTS) is 1. The highest BCUT2D eigenvalue weighted by molar-refractivity contribution is 5.83. The number of para-hydroxylation sites is 1. The Labute approximate surface area is 170 Å². The van der Waals surface area contributed by atoms with Gasteiger partial charge in [-0.15, -0.1) is 0 Å². The fourth-order valence-corrected chi connectivity index (χ4v) is 3.77. The number of benzene rings is 2. The van der Waals surface area contributed by atoms with Gasteiger partial charge in [0.1, 0.15) is 0 Å². The van der Waals surface area contributed by atoms with Crippen molar-refractivity contribution in [2.75, 3.05) is 13.1 Å². The Kier molecular flexibility index (Phi) is 6.22. The number of H-pyrrole nitrogens is 1. The van der Waals surface area contributed by atoms with E-state index in [-0.39, 0.29) is 5.91 Å². The number of carbonyl (C=O) groups excluding carboxylic acids is 1. The van der Waals surface area contributed by atoms with Gasteiger partial charge in [0.05, 0.1) is 5.54 Å². The van der Waals surface area contributed by atoms with Crippen LogP contribution < -0.4 is 5.32 Å². The summed E-state index contributed by atoms with van der Waals surface area (Å²) >= 11 is 0. The number of nitrogens with one attached hydrogen (secondary N) is 2. The molecule has 152 valence electrons. The van der Waals surface area contributed by atoms with Crippen molar-refractivity contribution in [1.82, 2.24) is 15.2 Å². The number of amides is 2. The molecule has 1 aromatic heterocycles. The van der Waals surface area contributed by atoms with E-state index in [4.69, 9.17) is 0 Å². The molecule has 0 radical (unpaired) electrons. The molecular weight excluding hydrogens is 366 g/mol. The molecule has 2 amide bonds. The molecule has 29 heavy (non-hydrogen) atoms. The molecule has 1 atom stereocenters. The highest BCUT2D eigenvalue weighted by Gasteiger charge is 2.31. The van der Waals surface area contributed by atoms with Crippen molar-refractivity contribution < 1.29 is 14.7 Å². The first-order valence-corrected chi connectivity index (χ1v) is 9.72. The maximum absolute atomic E-state index is 12.3. The van der Waals surface area contributed by atoms with Gasteiger partial charge in [0, 0.05) is 37.1 Å². The van der Waals surface area contributed by atoms with Gasteiger partial charge in [-0.25, -0.2) is 4.79 Å². The number of hydrogen-bond donors (Lipinski definition) is 3. The number of aromatic nitrogens is 1. The van der Waals surface area contributed by atoms with Crippen molar-refractivity contribution in [3.05, 3.63) is 71.9 Å². The molecule has 0 fully saturated rings. The van der Waals surface area contributed by atoms with Crippen LogP contribution in [-0.2, 0) is 17.6 Å². The van der Waals surface area contributed by atoms with Crippen LogP contribution in [0.2, 0.25) is 0 Å². The van der Waals surface area contributed by atoms with Crippen molar-refractivity contribution in [2.24, 2.45) is 0 Å². The third kappa shape index (κ3) is 5.38. The van der Waals surface area contributed by atoms with E-state index in [9.17, 15) is 14.7 Å². The number of nitrogens with zero attached hydrogens (tertiary/aromatic N) is 1. The van der Waals surface area contributed by atoms with Crippen LogP contribution in [0, 0.1) is 0 Å². The Hall–Kier alpha value is -3.28. The molecule has 0 aliphatic carbocycles. The fourth-order valence-electron chi connectivity index (χ4n) is 3.77. The first-order valence-electron chi connectivity index (χ1n) is 9.72. The number of aromatic amines is 1. The summed E-state index contributed by atoms with van der Waals surface area (Å²) < 4.78 is 0. The number of rotatable bonds is 8. The Balaban J connectivity index is 1.79. The second-order valence-electron chi connectivity index (χ2n) is 7.70. The zero-order chi connectivity index (χ0) is 20.9. The standard InChI is InChI=1S/C23H27N3O3/c1-17(27)26(13-12-18-8-4-3-5-9-18)16-23(2,25-22(28)29)14-19-15-24-21-11-7-6-10-20(19)21/h3-11,15,24-25H,12-14,16H2,1-2H3,(H,28,29). The van der Waals surface area contributed by atoms with Gasteiger partial charge in [0.25, 0.3) is 0 Å². The van der Waals surface area contributed by atoms with Gasteiger partial charge in [-0.3, -0.25) is 4.79 Å². The van der Waals surface area contributed by atoms with Crippen LogP contribution in [0.5, 0.6) is 0 Å². The topological polar surface area (TPSA) is 85.4 Å². The highest BCUT2D eigenvalue weighted by atomic mass is 16.4. The number of hydrogen-bond acceptors (Lipinski definition) is 2. The zero-order valence-corrected chi connectivity index (χ0v) is 16.8. The zero-order valence-electron chi connectivity index (χ0n) is 16.8. The second kappa shape index (κ2) is 8.82. The van der Waals surface area contributed by atoms with E-state index in [1.165, 1.54) is 6.92 Å². The SMILES string of the molecule is CC(=O)N(CCc1ccccc1)CC(C)(Cc1c[nH]c2ccccc12)NC(=O)O. The van der Waals surface area contributed by atoms with Gasteiger partial charge in [-0.05, 0) is 37.0 Å². The summed E-state index contributed by atoms with van der Waals surface area (Å²) in [6.07, 6.45) is 2.00. The highest BCUT2D eigenvalue weighted by Crippen LogP contribution is 2.23. The monoisotopic (exact) mass is 393 g/mol. The predicted octanol–water partition coefficient (Wildman–Crippen LogP) is 3.83. The number of fused-ring (bicyclic) bond motifs is 1. The number of carbonyl (C=O) groups is 2. The van der Waals surface area contributed by atoms with Crippen LogP contribution in [0.15, 0.2) is 60.8 Å². The first-order chi connectivity index (χ1) is 13.9. The third-order valence-electron chi connectivity index (χ3n) is 5.16. The largest absolute Gasteiger partial charge is 0.465 e. The Morgan fingerprint density at radius 2 is 1.79 bits per heavy atom. The minimum atomic E-state index is -1.10. The van der Waals surface area contributed by atoms with Crippen LogP contribution in [0.3, 0.4) is 0 Å². The second-order valence-corrected chi connectivity index (χ2v) is 7.70. The van der Waals surface area contributed by atoms with Crippen molar-refractivity contribution >= 4 is 22.9 Å². The Bertz CT molecular complexity index is 983. The lowest BCUT2D eigenvalue weighted by Crippen LogP contribution is -2.55. The molecule has 0 saturated carbocycles. The minimum absolute atomic E-state index is 0.0710. The average molecular weight is 393 g/mol. The van der Waals surface area contributed by atoms with Gasteiger partial charge < -0.3 is 20.3 Å². The molecule has 3 aromatic rings. The van der Waals surface area contributed by atoms with Crippen LogP contribution >= 0.6 is 0 Å². The minimum Gasteiger partial charge on any atom is -0.465 e. The molecule has 1 heterocycles. The summed E-state index contributed by atoms with van der Waals surface area (Å²) in [7, 11) is 0. The van der Waals surface area contributed by atoms with Crippen molar-refractivity contribution in [1.29, 1.82) is 0 Å². The molecule has 0 bridgehead atoms. The molecule has 3 rings (SSSR count). The molecule has 3 N–H and O–H groups in total. The van der Waals surface area contributed by atoms with E-state index in [1.807, 2.05) is 67.7 Å². The van der Waals surface area contributed by atoms with E-state index >= 15 is 0 Å². The smallest absolute Gasteiger partial charge is 0.405 e. The molecule has 2 aromatic carbocycles. The third-order valence-corrected chi connectivity index (χ3v) is 5.16. The summed E-state index contributed by atoms with van der Waals surface area (Å²) in [4.78, 5) is 28.8. The molecular formula is C23H27N3O3. The van der Waals surface area contributed by atoms with E-state index in [1.54, 1.807) is 4.90 Å². The summed E-state index contributed by atoms with van der Waals surface area (Å²) in [5.41, 5.74) is 2.35. The molecule has 0 aliphatic rings. The van der Waals surface area contributed by atoms with Crippen LogP contribution in [0.4, 0.5) is 4.79 Å².